The van der Waals surface area contributed by atoms with Crippen LogP contribution in [0.3, 0.4) is 0 Å². The lowest BCUT2D eigenvalue weighted by molar-refractivity contribution is -0.144. The molecular weight excluding hydrogens is 248 g/mol. The van der Waals surface area contributed by atoms with Crippen LogP contribution < -0.4 is 5.32 Å². The van der Waals surface area contributed by atoms with Crippen LogP contribution >= 0.6 is 0 Å². The summed E-state index contributed by atoms with van der Waals surface area (Å²) >= 11 is 0. The minimum Gasteiger partial charge on any atom is -0.480 e. The maximum Gasteiger partial charge on any atom is 0.329 e. The number of hydrogen-bond donors (Lipinski definition) is 2. The summed E-state index contributed by atoms with van der Waals surface area (Å²) in [5, 5.41) is 12.0. The minimum atomic E-state index is -1.16. The number of carbonyl (C=O) groups is 2. The van der Waals surface area contributed by atoms with Gasteiger partial charge in [0.15, 0.2) is 0 Å². The molecular formula is C13H24N2O4. The van der Waals surface area contributed by atoms with E-state index in [1.54, 1.807) is 11.8 Å². The Kier molecular flexibility index (Phi) is 5.60. The summed E-state index contributed by atoms with van der Waals surface area (Å²) in [6.07, 6.45) is 1.71. The maximum atomic E-state index is 12.1. The predicted molar refractivity (Wildman–Crippen MR) is 71.0 cm³/mol. The molecule has 19 heavy (non-hydrogen) atoms. The van der Waals surface area contributed by atoms with E-state index in [1.165, 1.54) is 0 Å². The first-order valence-corrected chi connectivity index (χ1v) is 6.83. The van der Waals surface area contributed by atoms with E-state index in [2.05, 4.69) is 5.32 Å². The molecule has 2 amide bonds. The SMILES string of the molecule is CCOCCN(CC)C(=O)NC(C)(C(=O)O)C1CC1. The van der Waals surface area contributed by atoms with E-state index in [1.807, 2.05) is 13.8 Å². The first kappa shape index (κ1) is 15.8. The fourth-order valence-electron chi connectivity index (χ4n) is 2.01. The second-order valence-corrected chi connectivity index (χ2v) is 4.99. The van der Waals surface area contributed by atoms with Gasteiger partial charge in [-0.05, 0) is 39.5 Å². The van der Waals surface area contributed by atoms with E-state index in [9.17, 15) is 14.7 Å². The summed E-state index contributed by atoms with van der Waals surface area (Å²) in [6, 6.07) is -0.334. The Morgan fingerprint density at radius 1 is 1.42 bits per heavy atom. The molecule has 1 fully saturated rings. The lowest BCUT2D eigenvalue weighted by Gasteiger charge is -2.30. The van der Waals surface area contributed by atoms with Crippen LogP contribution in [0.2, 0.25) is 0 Å². The van der Waals surface area contributed by atoms with Gasteiger partial charge in [0.2, 0.25) is 0 Å². The van der Waals surface area contributed by atoms with E-state index in [0.29, 0.717) is 26.3 Å². The van der Waals surface area contributed by atoms with Gasteiger partial charge in [0.05, 0.1) is 6.61 Å². The number of nitrogens with one attached hydrogen (secondary N) is 1. The van der Waals surface area contributed by atoms with Crippen molar-refractivity contribution in [3.05, 3.63) is 0 Å². The van der Waals surface area contributed by atoms with E-state index >= 15 is 0 Å². The summed E-state index contributed by atoms with van der Waals surface area (Å²) < 4.78 is 5.22. The van der Waals surface area contributed by atoms with Gasteiger partial charge in [-0.3, -0.25) is 0 Å². The molecule has 0 aliphatic heterocycles. The second kappa shape index (κ2) is 6.75. The fraction of sp³-hybridized carbons (Fsp3) is 0.846. The maximum absolute atomic E-state index is 12.1. The van der Waals surface area contributed by atoms with Gasteiger partial charge in [0.1, 0.15) is 5.54 Å². The number of amides is 2. The number of urea groups is 1. The van der Waals surface area contributed by atoms with Crippen LogP contribution in [0.5, 0.6) is 0 Å². The summed E-state index contributed by atoms with van der Waals surface area (Å²) in [5.74, 6) is -0.927. The van der Waals surface area contributed by atoms with Crippen molar-refractivity contribution in [2.24, 2.45) is 5.92 Å². The van der Waals surface area contributed by atoms with Gasteiger partial charge >= 0.3 is 12.0 Å². The highest BCUT2D eigenvalue weighted by atomic mass is 16.5. The highest BCUT2D eigenvalue weighted by molar-refractivity contribution is 5.86. The summed E-state index contributed by atoms with van der Waals surface area (Å²) in [5.41, 5.74) is -1.16. The van der Waals surface area contributed by atoms with Gasteiger partial charge in [-0.2, -0.15) is 0 Å². The van der Waals surface area contributed by atoms with Gasteiger partial charge in [-0.25, -0.2) is 9.59 Å². The molecule has 1 aliphatic carbocycles. The fourth-order valence-corrected chi connectivity index (χ4v) is 2.01. The molecule has 0 aromatic carbocycles. The second-order valence-electron chi connectivity index (χ2n) is 4.99. The van der Waals surface area contributed by atoms with E-state index in [4.69, 9.17) is 4.74 Å². The van der Waals surface area contributed by atoms with E-state index in [-0.39, 0.29) is 11.9 Å². The molecule has 2 N–H and O–H groups in total. The zero-order chi connectivity index (χ0) is 14.5. The van der Waals surface area contributed by atoms with Crippen molar-refractivity contribution in [3.8, 4) is 0 Å². The number of ether oxygens (including phenoxy) is 1. The highest BCUT2D eigenvalue weighted by Gasteiger charge is 2.49. The van der Waals surface area contributed by atoms with Gasteiger partial charge in [-0.1, -0.05) is 0 Å². The molecule has 0 aromatic rings. The summed E-state index contributed by atoms with van der Waals surface area (Å²) in [7, 11) is 0. The largest absolute Gasteiger partial charge is 0.480 e. The Labute approximate surface area is 114 Å². The Hall–Kier alpha value is -1.30. The van der Waals surface area contributed by atoms with Crippen LogP contribution in [0.15, 0.2) is 0 Å². The molecule has 6 heteroatoms. The first-order chi connectivity index (χ1) is 8.95. The Morgan fingerprint density at radius 3 is 2.47 bits per heavy atom. The molecule has 1 aliphatic rings. The van der Waals surface area contributed by atoms with Crippen molar-refractivity contribution < 1.29 is 19.4 Å². The Morgan fingerprint density at radius 2 is 2.05 bits per heavy atom. The van der Waals surface area contributed by atoms with Crippen LogP contribution in [-0.4, -0.2) is 53.8 Å². The molecule has 0 radical (unpaired) electrons. The molecule has 1 saturated carbocycles. The summed E-state index contributed by atoms with van der Waals surface area (Å²) in [4.78, 5) is 25.0. The minimum absolute atomic E-state index is 0.0412. The molecule has 0 saturated heterocycles. The highest BCUT2D eigenvalue weighted by Crippen LogP contribution is 2.39. The molecule has 0 aromatic heterocycles. The van der Waals surface area contributed by atoms with Gasteiger partial charge < -0.3 is 20.1 Å². The van der Waals surface area contributed by atoms with Crippen LogP contribution in [0, 0.1) is 5.92 Å². The molecule has 0 spiro atoms. The normalized spacial score (nSPS) is 17.6. The van der Waals surface area contributed by atoms with Crippen LogP contribution in [0.25, 0.3) is 0 Å². The smallest absolute Gasteiger partial charge is 0.329 e. The molecule has 6 nitrogen and oxygen atoms in total. The number of rotatable bonds is 8. The van der Waals surface area contributed by atoms with Crippen molar-refractivity contribution in [2.75, 3.05) is 26.3 Å². The number of likely N-dealkylation sites (N-methyl/N-ethyl adjacent to an activating group) is 1. The van der Waals surface area contributed by atoms with Crippen molar-refractivity contribution in [3.63, 3.8) is 0 Å². The average Bonchev–Trinajstić information content (AvgIpc) is 3.18. The van der Waals surface area contributed by atoms with Gasteiger partial charge in [-0.15, -0.1) is 0 Å². The quantitative estimate of drug-likeness (QED) is 0.653. The van der Waals surface area contributed by atoms with Gasteiger partial charge in [0, 0.05) is 19.7 Å². The number of hydrogen-bond acceptors (Lipinski definition) is 3. The third-order valence-corrected chi connectivity index (χ3v) is 3.58. The standard InChI is InChI=1S/C13H24N2O4/c1-4-15(8-9-19-5-2)12(18)14-13(3,11(16)17)10-6-7-10/h10H,4-9H2,1-3H3,(H,14,18)(H,16,17). The zero-order valence-electron chi connectivity index (χ0n) is 11.9. The topological polar surface area (TPSA) is 78.9 Å². The molecule has 1 atom stereocenters. The number of carboxylic acid groups (broad SMARTS) is 1. The average molecular weight is 272 g/mol. The summed E-state index contributed by atoms with van der Waals surface area (Å²) in [6.45, 7) is 7.40. The van der Waals surface area contributed by atoms with Crippen LogP contribution in [0.4, 0.5) is 4.79 Å². The zero-order valence-corrected chi connectivity index (χ0v) is 11.9. The monoisotopic (exact) mass is 272 g/mol. The first-order valence-electron chi connectivity index (χ1n) is 6.83. The third kappa shape index (κ3) is 4.09. The Balaban J connectivity index is 2.57. The lowest BCUT2D eigenvalue weighted by atomic mass is 9.96. The molecule has 110 valence electrons. The molecule has 0 bridgehead atoms. The van der Waals surface area contributed by atoms with Crippen molar-refractivity contribution >= 4 is 12.0 Å². The van der Waals surface area contributed by atoms with Crippen molar-refractivity contribution in [2.45, 2.75) is 39.2 Å². The predicted octanol–water partition coefficient (Wildman–Crippen LogP) is 1.31. The van der Waals surface area contributed by atoms with Crippen LogP contribution in [0.1, 0.15) is 33.6 Å². The molecule has 1 rings (SSSR count). The number of aliphatic carboxylic acids is 1. The molecule has 0 heterocycles. The number of nitrogens with zero attached hydrogens (tertiary/aromatic N) is 1. The molecule has 1 unspecified atom stereocenters. The lowest BCUT2D eigenvalue weighted by Crippen LogP contribution is -2.57. The van der Waals surface area contributed by atoms with Crippen molar-refractivity contribution in [1.82, 2.24) is 10.2 Å². The number of carboxylic acids is 1. The van der Waals surface area contributed by atoms with E-state index in [0.717, 1.165) is 12.8 Å². The van der Waals surface area contributed by atoms with E-state index < -0.39 is 11.5 Å². The van der Waals surface area contributed by atoms with Crippen LogP contribution in [-0.2, 0) is 9.53 Å². The Bertz CT molecular complexity index is 331. The third-order valence-electron chi connectivity index (χ3n) is 3.58. The van der Waals surface area contributed by atoms with Crippen molar-refractivity contribution in [1.29, 1.82) is 0 Å². The van der Waals surface area contributed by atoms with Gasteiger partial charge in [0.25, 0.3) is 0 Å². The number of carbonyl (C=O) groups excluding carboxylic acids is 1.